The Bertz CT molecular complexity index is 653. The van der Waals surface area contributed by atoms with Crippen molar-refractivity contribution in [3.05, 3.63) is 46.8 Å². The van der Waals surface area contributed by atoms with Crippen molar-refractivity contribution in [2.45, 2.75) is 65.4 Å². The second-order valence-corrected chi connectivity index (χ2v) is 7.82. The molecule has 2 aliphatic carbocycles. The number of carboxylic acid groups (broad SMARTS) is 1. The molecule has 4 atom stereocenters. The second-order valence-electron chi connectivity index (χ2n) is 7.82. The second kappa shape index (κ2) is 8.72. The molecule has 3 N–H and O–H groups in total. The van der Waals surface area contributed by atoms with E-state index in [1.165, 1.54) is 5.57 Å². The number of allylic oxidation sites excluding steroid dienone is 5. The van der Waals surface area contributed by atoms with Gasteiger partial charge in [0.15, 0.2) is 0 Å². The molecule has 4 nitrogen and oxygen atoms in total. The third-order valence-corrected chi connectivity index (χ3v) is 5.76. The minimum atomic E-state index is -1.21. The van der Waals surface area contributed by atoms with Crippen LogP contribution in [0.25, 0.3) is 0 Å². The predicted octanol–water partition coefficient (Wildman–Crippen LogP) is 4.93. The van der Waals surface area contributed by atoms with Gasteiger partial charge in [-0.1, -0.05) is 43.6 Å². The molecule has 144 valence electrons. The fourth-order valence-electron chi connectivity index (χ4n) is 4.36. The Kier molecular flexibility index (Phi) is 6.87. The summed E-state index contributed by atoms with van der Waals surface area (Å²) < 4.78 is 0. The topological polar surface area (TPSA) is 77.8 Å². The Morgan fingerprint density at radius 2 is 2.04 bits per heavy atom. The van der Waals surface area contributed by atoms with Gasteiger partial charge in [0.1, 0.15) is 0 Å². The molecule has 2 aliphatic rings. The SMILES string of the molecule is C=C(C)[C@@H]1CCC(C)=C[C@H]1C1C(O)=CC(CCCCC)=C(C(=O)O)C1O. The van der Waals surface area contributed by atoms with Gasteiger partial charge in [0, 0.05) is 0 Å². The number of unbranched alkanes of at least 4 members (excludes halogenated alkanes) is 2. The van der Waals surface area contributed by atoms with Crippen molar-refractivity contribution in [2.24, 2.45) is 17.8 Å². The molecule has 0 saturated heterocycles. The molecular weight excluding hydrogens is 328 g/mol. The fraction of sp³-hybridized carbons (Fsp3) is 0.591. The summed E-state index contributed by atoms with van der Waals surface area (Å²) in [6.07, 6.45) is 7.78. The number of carbonyl (C=O) groups is 1. The number of aliphatic carboxylic acids is 1. The van der Waals surface area contributed by atoms with Crippen LogP contribution in [0.2, 0.25) is 0 Å². The van der Waals surface area contributed by atoms with Crippen LogP contribution in [-0.4, -0.2) is 27.4 Å². The third-order valence-electron chi connectivity index (χ3n) is 5.76. The zero-order valence-electron chi connectivity index (χ0n) is 16.2. The van der Waals surface area contributed by atoms with E-state index < -0.39 is 18.0 Å². The number of hydrogen-bond acceptors (Lipinski definition) is 3. The monoisotopic (exact) mass is 360 g/mol. The van der Waals surface area contributed by atoms with Gasteiger partial charge in [-0.05, 0) is 63.0 Å². The highest BCUT2D eigenvalue weighted by Crippen LogP contribution is 2.44. The summed E-state index contributed by atoms with van der Waals surface area (Å²) in [5.41, 5.74) is 2.81. The lowest BCUT2D eigenvalue weighted by Gasteiger charge is -2.39. The lowest BCUT2D eigenvalue weighted by Crippen LogP contribution is -2.40. The Morgan fingerprint density at radius 1 is 1.35 bits per heavy atom. The molecule has 0 aromatic rings. The Hall–Kier alpha value is -1.81. The summed E-state index contributed by atoms with van der Waals surface area (Å²) in [7, 11) is 0. The molecule has 0 aromatic carbocycles. The smallest absolute Gasteiger partial charge is 0.334 e. The molecule has 0 amide bonds. The van der Waals surface area contributed by atoms with Gasteiger partial charge in [0.25, 0.3) is 0 Å². The van der Waals surface area contributed by atoms with Crippen molar-refractivity contribution in [3.63, 3.8) is 0 Å². The van der Waals surface area contributed by atoms with Gasteiger partial charge in [-0.3, -0.25) is 0 Å². The van der Waals surface area contributed by atoms with Crippen molar-refractivity contribution >= 4 is 5.97 Å². The number of carboxylic acids is 1. The summed E-state index contributed by atoms with van der Waals surface area (Å²) in [6, 6.07) is 0. The molecule has 0 spiro atoms. The van der Waals surface area contributed by atoms with Gasteiger partial charge >= 0.3 is 5.97 Å². The molecule has 0 bridgehead atoms. The van der Waals surface area contributed by atoms with E-state index in [-0.39, 0.29) is 23.2 Å². The first-order chi connectivity index (χ1) is 12.3. The van der Waals surface area contributed by atoms with E-state index >= 15 is 0 Å². The molecule has 26 heavy (non-hydrogen) atoms. The first-order valence-electron chi connectivity index (χ1n) is 9.65. The molecule has 0 fully saturated rings. The van der Waals surface area contributed by atoms with E-state index in [9.17, 15) is 20.1 Å². The highest BCUT2D eigenvalue weighted by Gasteiger charge is 2.43. The van der Waals surface area contributed by atoms with Crippen LogP contribution in [0, 0.1) is 17.8 Å². The molecule has 0 aromatic heterocycles. The van der Waals surface area contributed by atoms with Crippen LogP contribution in [0.5, 0.6) is 0 Å². The molecule has 0 radical (unpaired) electrons. The lowest BCUT2D eigenvalue weighted by molar-refractivity contribution is -0.134. The standard InChI is InChI=1S/C22H32O4/c1-5-6-7-8-15-12-18(23)20(21(24)19(15)22(25)26)17-11-14(4)9-10-16(17)13(2)3/h11-12,16-17,20-21,23-24H,2,5-10H2,1,3-4H3,(H,25,26)/t16-,17+,20?,21?/m0/s1. The van der Waals surface area contributed by atoms with Gasteiger partial charge < -0.3 is 15.3 Å². The van der Waals surface area contributed by atoms with E-state index in [1.807, 2.05) is 13.8 Å². The maximum atomic E-state index is 11.9. The Labute approximate surface area is 156 Å². The minimum Gasteiger partial charge on any atom is -0.512 e. The quantitative estimate of drug-likeness (QED) is 0.444. The maximum absolute atomic E-state index is 11.9. The fourth-order valence-corrected chi connectivity index (χ4v) is 4.36. The highest BCUT2D eigenvalue weighted by atomic mass is 16.4. The number of aliphatic hydroxyl groups excluding tert-OH is 2. The van der Waals surface area contributed by atoms with Gasteiger partial charge in [0.2, 0.25) is 0 Å². The summed E-state index contributed by atoms with van der Waals surface area (Å²) in [6.45, 7) is 10.2. The summed E-state index contributed by atoms with van der Waals surface area (Å²) in [5, 5.41) is 31.4. The lowest BCUT2D eigenvalue weighted by atomic mass is 9.66. The zero-order valence-corrected chi connectivity index (χ0v) is 16.2. The van der Waals surface area contributed by atoms with Crippen LogP contribution in [0.4, 0.5) is 0 Å². The largest absolute Gasteiger partial charge is 0.512 e. The van der Waals surface area contributed by atoms with Crippen LogP contribution in [-0.2, 0) is 4.79 Å². The van der Waals surface area contributed by atoms with E-state index in [0.29, 0.717) is 12.0 Å². The van der Waals surface area contributed by atoms with Gasteiger partial charge in [-0.15, -0.1) is 0 Å². The van der Waals surface area contributed by atoms with Crippen LogP contribution < -0.4 is 0 Å². The van der Waals surface area contributed by atoms with E-state index in [0.717, 1.165) is 37.7 Å². The van der Waals surface area contributed by atoms with Crippen LogP contribution >= 0.6 is 0 Å². The van der Waals surface area contributed by atoms with E-state index in [4.69, 9.17) is 0 Å². The molecule has 4 heteroatoms. The Balaban J connectivity index is 2.40. The number of hydrogen-bond donors (Lipinski definition) is 3. The Morgan fingerprint density at radius 3 is 2.62 bits per heavy atom. The number of rotatable bonds is 7. The van der Waals surface area contributed by atoms with Crippen molar-refractivity contribution in [2.75, 3.05) is 0 Å². The van der Waals surface area contributed by atoms with Crippen molar-refractivity contribution < 1.29 is 20.1 Å². The van der Waals surface area contributed by atoms with Gasteiger partial charge in [-0.2, -0.15) is 0 Å². The average Bonchev–Trinajstić information content (AvgIpc) is 2.54. The van der Waals surface area contributed by atoms with E-state index in [1.54, 1.807) is 6.08 Å². The molecule has 0 heterocycles. The summed E-state index contributed by atoms with van der Waals surface area (Å²) in [5.74, 6) is -1.64. The van der Waals surface area contributed by atoms with Crippen LogP contribution in [0.15, 0.2) is 46.8 Å². The zero-order chi connectivity index (χ0) is 19.4. The van der Waals surface area contributed by atoms with Crippen LogP contribution in [0.1, 0.15) is 59.3 Å². The molecule has 0 saturated carbocycles. The highest BCUT2D eigenvalue weighted by molar-refractivity contribution is 5.90. The summed E-state index contributed by atoms with van der Waals surface area (Å²) >= 11 is 0. The third kappa shape index (κ3) is 4.29. The average molecular weight is 360 g/mol. The molecule has 2 unspecified atom stereocenters. The summed E-state index contributed by atoms with van der Waals surface area (Å²) in [4.78, 5) is 11.9. The van der Waals surface area contributed by atoms with Crippen molar-refractivity contribution in [3.8, 4) is 0 Å². The normalized spacial score (nSPS) is 29.2. The first kappa shape index (κ1) is 20.5. The maximum Gasteiger partial charge on any atom is 0.334 e. The predicted molar refractivity (Wildman–Crippen MR) is 104 cm³/mol. The van der Waals surface area contributed by atoms with Crippen LogP contribution in [0.3, 0.4) is 0 Å². The van der Waals surface area contributed by atoms with Crippen molar-refractivity contribution in [1.82, 2.24) is 0 Å². The molecule has 0 aliphatic heterocycles. The van der Waals surface area contributed by atoms with E-state index in [2.05, 4.69) is 19.6 Å². The van der Waals surface area contributed by atoms with Crippen molar-refractivity contribution in [1.29, 1.82) is 0 Å². The first-order valence-corrected chi connectivity index (χ1v) is 9.65. The molecular formula is C22H32O4. The van der Waals surface area contributed by atoms with Gasteiger partial charge in [-0.25, -0.2) is 4.79 Å². The number of aliphatic hydroxyl groups is 2. The molecule has 2 rings (SSSR count). The van der Waals surface area contributed by atoms with Gasteiger partial charge in [0.05, 0.1) is 23.4 Å². The minimum absolute atomic E-state index is 0.0426.